The van der Waals surface area contributed by atoms with E-state index in [4.69, 9.17) is 14.0 Å². The number of rotatable bonds is 8. The third kappa shape index (κ3) is 4.93. The maximum Gasteiger partial charge on any atom is 0.291 e. The molecule has 48 heavy (non-hydrogen) atoms. The zero-order valence-corrected chi connectivity index (χ0v) is 28.4. The third-order valence-electron chi connectivity index (χ3n) is 10.5. The number of carbonyl (C=O) groups is 2. The number of carbonyl (C=O) groups excluding carboxylic acids is 2. The second-order valence-corrected chi connectivity index (χ2v) is 14.2. The highest BCUT2D eigenvalue weighted by atomic mass is 79.9. The van der Waals surface area contributed by atoms with Gasteiger partial charge < -0.3 is 24.2 Å². The monoisotopic (exact) mass is 725 g/mol. The van der Waals surface area contributed by atoms with E-state index in [2.05, 4.69) is 26.0 Å². The number of fused-ring (bicyclic) bond motifs is 4. The number of aliphatic hydroxyl groups is 2. The number of benzene rings is 2. The molecule has 1 aliphatic heterocycles. The van der Waals surface area contributed by atoms with E-state index in [1.54, 1.807) is 26.1 Å². The van der Waals surface area contributed by atoms with Gasteiger partial charge in [-0.05, 0) is 73.7 Å². The highest BCUT2D eigenvalue weighted by molar-refractivity contribution is 9.10. The van der Waals surface area contributed by atoms with Crippen LogP contribution in [0.5, 0.6) is 5.75 Å². The van der Waals surface area contributed by atoms with Gasteiger partial charge in [-0.1, -0.05) is 30.3 Å². The van der Waals surface area contributed by atoms with Crippen LogP contribution in [0.1, 0.15) is 63.7 Å². The second kappa shape index (κ2) is 12.4. The van der Waals surface area contributed by atoms with Crippen molar-refractivity contribution in [3.8, 4) is 5.75 Å². The van der Waals surface area contributed by atoms with Crippen LogP contribution in [0.3, 0.4) is 0 Å². The van der Waals surface area contributed by atoms with E-state index in [1.165, 1.54) is 0 Å². The molecule has 254 valence electrons. The molecule has 5 atom stereocenters. The molecule has 3 aromatic rings. The van der Waals surface area contributed by atoms with Gasteiger partial charge in [-0.3, -0.25) is 24.2 Å². The van der Waals surface area contributed by atoms with E-state index in [-0.39, 0.29) is 60.2 Å². The Morgan fingerprint density at radius 1 is 1.17 bits per heavy atom. The van der Waals surface area contributed by atoms with Crippen molar-refractivity contribution >= 4 is 33.3 Å². The van der Waals surface area contributed by atoms with Gasteiger partial charge in [0.1, 0.15) is 29.5 Å². The summed E-state index contributed by atoms with van der Waals surface area (Å²) in [5.41, 5.74) is -2.70. The minimum absolute atomic E-state index is 0.00448. The molecule has 2 fully saturated rings. The number of hydrogen-bond acceptors (Lipinski definition) is 10. The molecule has 0 amide bonds. The summed E-state index contributed by atoms with van der Waals surface area (Å²) in [4.78, 5) is 44.7. The number of likely N-dealkylation sites (tertiary alicyclic amines) is 1. The number of ether oxygens (including phenoxy) is 2. The molecule has 13 heteroatoms. The van der Waals surface area contributed by atoms with Crippen LogP contribution in [0.4, 0.5) is 4.39 Å². The first-order valence-corrected chi connectivity index (χ1v) is 16.8. The SMILES string of the molecule is COC[C@@H]1CCCN1Cc1c(F)c2c(c(OCc3ccccc3)c1Br)C(O)=C1C(=O)[C@]3(O)C(=O)c4c(o[nH]c4=O)[C@@H](N(C)C)[C@@H]3C[C@@H]1C2. The van der Waals surface area contributed by atoms with E-state index in [1.807, 2.05) is 30.3 Å². The van der Waals surface area contributed by atoms with Crippen LogP contribution in [-0.4, -0.2) is 82.7 Å². The molecule has 11 nitrogen and oxygen atoms in total. The number of methoxy groups -OCH3 is 1. The maximum absolute atomic E-state index is 16.9. The van der Waals surface area contributed by atoms with Gasteiger partial charge in [-0.25, -0.2) is 4.39 Å². The first kappa shape index (κ1) is 32.9. The highest BCUT2D eigenvalue weighted by Gasteiger charge is 2.65. The van der Waals surface area contributed by atoms with Gasteiger partial charge >= 0.3 is 0 Å². The van der Waals surface area contributed by atoms with E-state index >= 15 is 4.39 Å². The van der Waals surface area contributed by atoms with Gasteiger partial charge in [0, 0.05) is 42.3 Å². The van der Waals surface area contributed by atoms with Gasteiger partial charge in [0.05, 0.1) is 22.7 Å². The van der Waals surface area contributed by atoms with Crippen molar-refractivity contribution in [1.29, 1.82) is 0 Å². The number of ketones is 2. The first-order valence-electron chi connectivity index (χ1n) is 16.0. The fourth-order valence-electron chi connectivity index (χ4n) is 8.26. The quantitative estimate of drug-likeness (QED) is 0.287. The lowest BCUT2D eigenvalue weighted by atomic mass is 9.57. The molecule has 7 rings (SSSR count). The summed E-state index contributed by atoms with van der Waals surface area (Å²) in [6.07, 6.45) is 1.93. The minimum Gasteiger partial charge on any atom is -0.507 e. The average molecular weight is 727 g/mol. The Labute approximate surface area is 284 Å². The zero-order chi connectivity index (χ0) is 34.1. The van der Waals surface area contributed by atoms with Crippen molar-refractivity contribution < 1.29 is 38.2 Å². The number of nitrogens with one attached hydrogen (secondary N) is 1. The predicted molar refractivity (Wildman–Crippen MR) is 175 cm³/mol. The molecule has 0 unspecified atom stereocenters. The largest absolute Gasteiger partial charge is 0.507 e. The lowest BCUT2D eigenvalue weighted by Crippen LogP contribution is -2.63. The Morgan fingerprint density at radius 3 is 2.62 bits per heavy atom. The summed E-state index contributed by atoms with van der Waals surface area (Å²) in [5.74, 6) is -4.73. The topological polar surface area (TPSA) is 146 Å². The molecule has 0 bridgehead atoms. The third-order valence-corrected chi connectivity index (χ3v) is 11.3. The van der Waals surface area contributed by atoms with E-state index in [0.29, 0.717) is 16.6 Å². The van der Waals surface area contributed by atoms with E-state index in [0.717, 1.165) is 24.9 Å². The van der Waals surface area contributed by atoms with Gasteiger partial charge in [0.15, 0.2) is 11.4 Å². The Balaban J connectivity index is 1.38. The summed E-state index contributed by atoms with van der Waals surface area (Å²) in [7, 11) is 5.03. The zero-order valence-electron chi connectivity index (χ0n) is 26.8. The Kier molecular flexibility index (Phi) is 8.48. The van der Waals surface area contributed by atoms with Crippen molar-refractivity contribution in [1.82, 2.24) is 15.0 Å². The Hall–Kier alpha value is -3.62. The summed E-state index contributed by atoms with van der Waals surface area (Å²) in [5, 5.41) is 26.2. The number of nitrogens with zero attached hydrogens (tertiary/aromatic N) is 2. The van der Waals surface area contributed by atoms with Crippen molar-refractivity contribution in [2.45, 2.75) is 56.5 Å². The standard InChI is InChI=1S/C35H37BrFN3O8/c1-39(2)28-22-13-18-12-20-24(29(41)23(18)32(42)35(22,45)33(43)25-31(28)48-38-34(25)44)30(47-15-17-8-5-4-6-9-17)26(36)21(27(20)37)14-40-11-7-10-19(40)16-46-3/h4-6,8-9,18-19,22,28,41,45H,7,10-16H2,1-3H3,(H,38,44)/t18-,19-,22-,28-,35-/m0/s1. The van der Waals surface area contributed by atoms with Gasteiger partial charge in [-0.15, -0.1) is 0 Å². The number of H-pyrrole nitrogens is 1. The van der Waals surface area contributed by atoms with Crippen molar-refractivity contribution in [3.05, 3.63) is 90.1 Å². The molecular weight excluding hydrogens is 689 g/mol. The van der Waals surface area contributed by atoms with E-state index in [9.17, 15) is 24.6 Å². The predicted octanol–water partition coefficient (Wildman–Crippen LogP) is 4.32. The molecule has 0 radical (unpaired) electrons. The summed E-state index contributed by atoms with van der Waals surface area (Å²) in [6, 6.07) is 8.65. The number of aromatic nitrogens is 1. The lowest BCUT2D eigenvalue weighted by Gasteiger charge is -2.49. The molecule has 0 spiro atoms. The number of Topliss-reactive ketones (excluding diaryl/α,β-unsaturated/α-hetero) is 2. The second-order valence-electron chi connectivity index (χ2n) is 13.4. The van der Waals surface area contributed by atoms with E-state index < -0.39 is 57.7 Å². The molecule has 2 aromatic carbocycles. The molecular formula is C35H37BrFN3O8. The van der Waals surface area contributed by atoms with Gasteiger partial charge in [-0.2, -0.15) is 5.16 Å². The summed E-state index contributed by atoms with van der Waals surface area (Å²) < 4.78 is 34.4. The van der Waals surface area contributed by atoms with Crippen LogP contribution in [0, 0.1) is 17.7 Å². The van der Waals surface area contributed by atoms with Crippen molar-refractivity contribution in [3.63, 3.8) is 0 Å². The Bertz CT molecular complexity index is 1890. The smallest absolute Gasteiger partial charge is 0.291 e. The van der Waals surface area contributed by atoms with Crippen LogP contribution < -0.4 is 10.3 Å². The first-order chi connectivity index (χ1) is 23.0. The molecule has 2 heterocycles. The molecule has 3 aliphatic carbocycles. The molecule has 1 saturated carbocycles. The van der Waals surface area contributed by atoms with Gasteiger partial charge in [0.25, 0.3) is 5.56 Å². The maximum atomic E-state index is 16.9. The Morgan fingerprint density at radius 2 is 1.92 bits per heavy atom. The summed E-state index contributed by atoms with van der Waals surface area (Å²) in [6.45, 7) is 1.64. The normalized spacial score (nSPS) is 26.8. The van der Waals surface area contributed by atoms with Crippen LogP contribution in [-0.2, 0) is 29.1 Å². The van der Waals surface area contributed by atoms with Crippen LogP contribution in [0.25, 0.3) is 5.76 Å². The van der Waals surface area contributed by atoms with Crippen molar-refractivity contribution in [2.24, 2.45) is 11.8 Å². The average Bonchev–Trinajstić information content (AvgIpc) is 3.67. The minimum atomic E-state index is -2.65. The molecule has 3 N–H and O–H groups in total. The van der Waals surface area contributed by atoms with Crippen LogP contribution in [0.2, 0.25) is 0 Å². The molecule has 4 aliphatic rings. The highest BCUT2D eigenvalue weighted by Crippen LogP contribution is 2.56. The number of halogens is 2. The number of hydrogen-bond donors (Lipinski definition) is 3. The number of aromatic amines is 1. The fraction of sp³-hybridized carbons (Fsp3) is 0.457. The molecule has 1 saturated heterocycles. The number of aliphatic hydroxyl groups excluding tert-OH is 1. The molecule has 1 aromatic heterocycles. The van der Waals surface area contributed by atoms with Crippen LogP contribution in [0.15, 0.2) is 49.7 Å². The summed E-state index contributed by atoms with van der Waals surface area (Å²) >= 11 is 3.60. The van der Waals surface area contributed by atoms with Crippen molar-refractivity contribution in [2.75, 3.05) is 34.4 Å². The van der Waals surface area contributed by atoms with Crippen LogP contribution >= 0.6 is 15.9 Å². The lowest BCUT2D eigenvalue weighted by molar-refractivity contribution is -0.142. The van der Waals surface area contributed by atoms with Gasteiger partial charge in [0.2, 0.25) is 11.6 Å². The fourth-order valence-corrected chi connectivity index (χ4v) is 8.87.